The second kappa shape index (κ2) is 5.98. The molecule has 1 aliphatic rings. The molecule has 4 heteroatoms. The van der Waals surface area contributed by atoms with E-state index in [4.69, 9.17) is 11.5 Å². The largest absolute Gasteiger partial charge is 0.352 e. The average molecular weight is 247 g/mol. The van der Waals surface area contributed by atoms with E-state index in [1.165, 1.54) is 12.8 Å². The zero-order valence-corrected chi connectivity index (χ0v) is 10.5. The second-order valence-corrected chi connectivity index (χ2v) is 4.97. The Morgan fingerprint density at radius 2 is 2.00 bits per heavy atom. The fraction of sp³-hybridized carbons (Fsp3) is 0.500. The topological polar surface area (TPSA) is 81.1 Å². The summed E-state index contributed by atoms with van der Waals surface area (Å²) in [6, 6.07) is 9.57. The van der Waals surface area contributed by atoms with Gasteiger partial charge in [0.25, 0.3) is 0 Å². The molecule has 1 aromatic rings. The first-order valence-electron chi connectivity index (χ1n) is 6.50. The van der Waals surface area contributed by atoms with Gasteiger partial charge in [0, 0.05) is 25.0 Å². The molecular weight excluding hydrogens is 226 g/mol. The van der Waals surface area contributed by atoms with Crippen molar-refractivity contribution >= 4 is 5.91 Å². The van der Waals surface area contributed by atoms with Crippen LogP contribution in [-0.2, 0) is 4.79 Å². The zero-order valence-electron chi connectivity index (χ0n) is 10.5. The zero-order chi connectivity index (χ0) is 13.0. The summed E-state index contributed by atoms with van der Waals surface area (Å²) >= 11 is 0. The molecule has 4 nitrogen and oxygen atoms in total. The molecule has 1 fully saturated rings. The highest BCUT2D eigenvalue weighted by atomic mass is 16.1. The van der Waals surface area contributed by atoms with Crippen LogP contribution in [0.2, 0.25) is 0 Å². The van der Waals surface area contributed by atoms with E-state index in [0.29, 0.717) is 18.9 Å². The molecule has 0 aliphatic heterocycles. The van der Waals surface area contributed by atoms with Crippen LogP contribution in [0.1, 0.15) is 30.9 Å². The highest BCUT2D eigenvalue weighted by Crippen LogP contribution is 2.32. The van der Waals surface area contributed by atoms with Crippen LogP contribution in [0.3, 0.4) is 0 Å². The van der Waals surface area contributed by atoms with Crippen LogP contribution in [0.4, 0.5) is 0 Å². The minimum Gasteiger partial charge on any atom is -0.352 e. The van der Waals surface area contributed by atoms with Crippen LogP contribution in [0, 0.1) is 5.92 Å². The van der Waals surface area contributed by atoms with Crippen molar-refractivity contribution in [2.75, 3.05) is 6.54 Å². The first-order valence-corrected chi connectivity index (χ1v) is 6.50. The van der Waals surface area contributed by atoms with Crippen molar-refractivity contribution < 1.29 is 4.79 Å². The van der Waals surface area contributed by atoms with E-state index >= 15 is 0 Å². The quantitative estimate of drug-likeness (QED) is 0.699. The number of rotatable bonds is 6. The number of hydrogen-bond acceptors (Lipinski definition) is 3. The lowest BCUT2D eigenvalue weighted by molar-refractivity contribution is -0.122. The lowest BCUT2D eigenvalue weighted by Gasteiger charge is -2.18. The SMILES string of the molecule is NCC(NC(=O)CC(N)c1ccccc1)C1CC1. The summed E-state index contributed by atoms with van der Waals surface area (Å²) in [4.78, 5) is 11.9. The van der Waals surface area contributed by atoms with Gasteiger partial charge in [-0.05, 0) is 24.3 Å². The van der Waals surface area contributed by atoms with Gasteiger partial charge in [-0.2, -0.15) is 0 Å². The maximum atomic E-state index is 11.9. The van der Waals surface area contributed by atoms with Gasteiger partial charge in [0.05, 0.1) is 0 Å². The predicted octanol–water partition coefficient (Wildman–Crippen LogP) is 0.930. The fourth-order valence-corrected chi connectivity index (χ4v) is 2.15. The van der Waals surface area contributed by atoms with Crippen molar-refractivity contribution in [1.29, 1.82) is 0 Å². The standard InChI is InChI=1S/C14H21N3O/c15-9-13(11-6-7-11)17-14(18)8-12(16)10-4-2-1-3-5-10/h1-5,11-13H,6-9,15-16H2,(H,17,18). The van der Waals surface area contributed by atoms with E-state index in [9.17, 15) is 4.79 Å². The van der Waals surface area contributed by atoms with Crippen LogP contribution in [0.25, 0.3) is 0 Å². The highest BCUT2D eigenvalue weighted by molar-refractivity contribution is 5.77. The summed E-state index contributed by atoms with van der Waals surface area (Å²) in [7, 11) is 0. The summed E-state index contributed by atoms with van der Waals surface area (Å²) in [5.41, 5.74) is 12.7. The molecule has 0 heterocycles. The second-order valence-electron chi connectivity index (χ2n) is 4.97. The molecule has 2 rings (SSSR count). The van der Waals surface area contributed by atoms with Gasteiger partial charge in [-0.1, -0.05) is 30.3 Å². The van der Waals surface area contributed by atoms with E-state index in [2.05, 4.69) is 5.32 Å². The molecule has 0 radical (unpaired) electrons. The third kappa shape index (κ3) is 3.55. The molecule has 1 aromatic carbocycles. The number of carbonyl (C=O) groups excluding carboxylic acids is 1. The van der Waals surface area contributed by atoms with Crippen molar-refractivity contribution in [2.24, 2.45) is 17.4 Å². The number of nitrogens with one attached hydrogen (secondary N) is 1. The molecule has 0 spiro atoms. The monoisotopic (exact) mass is 247 g/mol. The third-order valence-electron chi connectivity index (χ3n) is 3.42. The molecule has 98 valence electrons. The number of carbonyl (C=O) groups is 1. The van der Waals surface area contributed by atoms with Gasteiger partial charge in [-0.3, -0.25) is 4.79 Å². The summed E-state index contributed by atoms with van der Waals surface area (Å²) in [5, 5.41) is 2.99. The summed E-state index contributed by atoms with van der Waals surface area (Å²) in [5.74, 6) is 0.570. The van der Waals surface area contributed by atoms with Crippen LogP contribution in [-0.4, -0.2) is 18.5 Å². The van der Waals surface area contributed by atoms with Gasteiger partial charge >= 0.3 is 0 Å². The summed E-state index contributed by atoms with van der Waals surface area (Å²) in [6.45, 7) is 0.511. The molecule has 18 heavy (non-hydrogen) atoms. The normalized spacial score (nSPS) is 18.1. The van der Waals surface area contributed by atoms with Gasteiger partial charge in [-0.15, -0.1) is 0 Å². The number of hydrogen-bond donors (Lipinski definition) is 3. The van der Waals surface area contributed by atoms with Crippen LogP contribution in [0.15, 0.2) is 30.3 Å². The van der Waals surface area contributed by atoms with Gasteiger partial charge in [0.2, 0.25) is 5.91 Å². The van der Waals surface area contributed by atoms with Crippen molar-refractivity contribution in [3.05, 3.63) is 35.9 Å². The van der Waals surface area contributed by atoms with E-state index < -0.39 is 0 Å². The summed E-state index contributed by atoms with van der Waals surface area (Å²) < 4.78 is 0. The Balaban J connectivity index is 1.83. The maximum Gasteiger partial charge on any atom is 0.222 e. The minimum atomic E-state index is -0.246. The Hall–Kier alpha value is -1.39. The van der Waals surface area contributed by atoms with Gasteiger partial charge in [-0.25, -0.2) is 0 Å². The average Bonchev–Trinajstić information content (AvgIpc) is 3.21. The number of amides is 1. The third-order valence-corrected chi connectivity index (χ3v) is 3.42. The highest BCUT2D eigenvalue weighted by Gasteiger charge is 2.31. The molecular formula is C14H21N3O. The first-order chi connectivity index (χ1) is 8.70. The van der Waals surface area contributed by atoms with Gasteiger partial charge in [0.15, 0.2) is 0 Å². The molecule has 5 N–H and O–H groups in total. The number of nitrogens with two attached hydrogens (primary N) is 2. The van der Waals surface area contributed by atoms with E-state index in [0.717, 1.165) is 5.56 Å². The van der Waals surface area contributed by atoms with Crippen molar-refractivity contribution in [1.82, 2.24) is 5.32 Å². The van der Waals surface area contributed by atoms with E-state index in [1.807, 2.05) is 30.3 Å². The van der Waals surface area contributed by atoms with E-state index in [-0.39, 0.29) is 18.0 Å². The Morgan fingerprint density at radius 3 is 2.56 bits per heavy atom. The van der Waals surface area contributed by atoms with Crippen LogP contribution >= 0.6 is 0 Å². The first kappa shape index (κ1) is 13.1. The van der Waals surface area contributed by atoms with Crippen molar-refractivity contribution in [2.45, 2.75) is 31.3 Å². The molecule has 0 bridgehead atoms. The molecule has 1 saturated carbocycles. The Morgan fingerprint density at radius 1 is 1.33 bits per heavy atom. The molecule has 2 unspecified atom stereocenters. The molecule has 1 amide bonds. The van der Waals surface area contributed by atoms with Gasteiger partial charge in [0.1, 0.15) is 0 Å². The van der Waals surface area contributed by atoms with Gasteiger partial charge < -0.3 is 16.8 Å². The van der Waals surface area contributed by atoms with Crippen LogP contribution < -0.4 is 16.8 Å². The number of benzene rings is 1. The van der Waals surface area contributed by atoms with Crippen molar-refractivity contribution in [3.8, 4) is 0 Å². The lowest BCUT2D eigenvalue weighted by atomic mass is 10.0. The smallest absolute Gasteiger partial charge is 0.222 e. The Bertz CT molecular complexity index is 389. The Kier molecular flexibility index (Phi) is 4.33. The molecule has 2 atom stereocenters. The Labute approximate surface area is 108 Å². The molecule has 0 saturated heterocycles. The lowest BCUT2D eigenvalue weighted by Crippen LogP contribution is -2.42. The van der Waals surface area contributed by atoms with E-state index in [1.54, 1.807) is 0 Å². The minimum absolute atomic E-state index is 0.00583. The van der Waals surface area contributed by atoms with Crippen LogP contribution in [0.5, 0.6) is 0 Å². The van der Waals surface area contributed by atoms with Crippen molar-refractivity contribution in [3.63, 3.8) is 0 Å². The predicted molar refractivity (Wildman–Crippen MR) is 71.7 cm³/mol. The fourth-order valence-electron chi connectivity index (χ4n) is 2.15. The maximum absolute atomic E-state index is 11.9. The summed E-state index contributed by atoms with van der Waals surface area (Å²) in [6.07, 6.45) is 2.66. The molecule has 0 aromatic heterocycles. The molecule has 1 aliphatic carbocycles.